The molecule has 0 spiro atoms. The second kappa shape index (κ2) is 12.7. The number of unbranched alkanes of at least 4 members (excludes halogenated alkanes) is 2. The van der Waals surface area contributed by atoms with Crippen LogP contribution < -0.4 is 10.6 Å². The molecule has 6 nitrogen and oxygen atoms in total. The van der Waals surface area contributed by atoms with Crippen LogP contribution in [0.25, 0.3) is 0 Å². The van der Waals surface area contributed by atoms with Gasteiger partial charge < -0.3 is 20.6 Å². The van der Waals surface area contributed by atoms with Gasteiger partial charge in [-0.2, -0.15) is 0 Å². The van der Waals surface area contributed by atoms with Gasteiger partial charge in [-0.1, -0.05) is 20.3 Å². The van der Waals surface area contributed by atoms with E-state index in [4.69, 9.17) is 5.11 Å². The number of aliphatic carboxylic acids is 1. The van der Waals surface area contributed by atoms with E-state index in [0.29, 0.717) is 19.5 Å². The Morgan fingerprint density at radius 1 is 0.950 bits per heavy atom. The summed E-state index contributed by atoms with van der Waals surface area (Å²) in [7, 11) is 0. The highest BCUT2D eigenvalue weighted by atomic mass is 16.4. The highest BCUT2D eigenvalue weighted by molar-refractivity contribution is 5.73. The number of urea groups is 1. The number of rotatable bonds is 12. The predicted octanol–water partition coefficient (Wildman–Crippen LogP) is 1.66. The molecule has 0 aliphatic carbocycles. The first-order chi connectivity index (χ1) is 9.60. The van der Waals surface area contributed by atoms with Crippen molar-refractivity contribution in [1.29, 1.82) is 0 Å². The van der Waals surface area contributed by atoms with Gasteiger partial charge in [-0.3, -0.25) is 4.79 Å². The summed E-state index contributed by atoms with van der Waals surface area (Å²) in [6, 6.07) is -0.136. The number of carbonyl (C=O) groups is 2. The maximum Gasteiger partial charge on any atom is 0.314 e. The van der Waals surface area contributed by atoms with Crippen LogP contribution >= 0.6 is 0 Å². The smallest absolute Gasteiger partial charge is 0.314 e. The van der Waals surface area contributed by atoms with Crippen molar-refractivity contribution in [3.63, 3.8) is 0 Å². The fourth-order valence-corrected chi connectivity index (χ4v) is 1.89. The minimum Gasteiger partial charge on any atom is -0.481 e. The average Bonchev–Trinajstić information content (AvgIpc) is 2.42. The monoisotopic (exact) mass is 287 g/mol. The molecule has 2 amide bonds. The van der Waals surface area contributed by atoms with Crippen molar-refractivity contribution in [2.24, 2.45) is 0 Å². The van der Waals surface area contributed by atoms with Crippen LogP contribution in [0.1, 0.15) is 46.0 Å². The van der Waals surface area contributed by atoms with E-state index in [1.54, 1.807) is 0 Å². The number of hydrogen-bond acceptors (Lipinski definition) is 3. The molecule has 0 heterocycles. The number of nitrogens with one attached hydrogen (secondary N) is 2. The van der Waals surface area contributed by atoms with Gasteiger partial charge in [0.1, 0.15) is 0 Å². The minimum absolute atomic E-state index is 0.136. The van der Waals surface area contributed by atoms with Crippen LogP contribution in [0.5, 0.6) is 0 Å². The van der Waals surface area contributed by atoms with E-state index in [0.717, 1.165) is 38.9 Å². The van der Waals surface area contributed by atoms with E-state index in [1.165, 1.54) is 0 Å². The number of hydrogen-bond donors (Lipinski definition) is 3. The minimum atomic E-state index is -0.760. The quantitative estimate of drug-likeness (QED) is 0.477. The van der Waals surface area contributed by atoms with Crippen LogP contribution in [0.4, 0.5) is 4.79 Å². The number of carbonyl (C=O) groups excluding carboxylic acids is 1. The Morgan fingerprint density at radius 2 is 1.55 bits per heavy atom. The lowest BCUT2D eigenvalue weighted by Crippen LogP contribution is -2.37. The molecule has 20 heavy (non-hydrogen) atoms. The van der Waals surface area contributed by atoms with Crippen LogP contribution in [0.15, 0.2) is 0 Å². The highest BCUT2D eigenvalue weighted by Gasteiger charge is 2.01. The summed E-state index contributed by atoms with van der Waals surface area (Å²) in [5, 5.41) is 14.1. The lowest BCUT2D eigenvalue weighted by molar-refractivity contribution is -0.137. The summed E-state index contributed by atoms with van der Waals surface area (Å²) >= 11 is 0. The third-order valence-corrected chi connectivity index (χ3v) is 3.18. The van der Waals surface area contributed by atoms with Gasteiger partial charge in [-0.15, -0.1) is 0 Å². The molecule has 0 fully saturated rings. The molecule has 0 aromatic rings. The lowest BCUT2D eigenvalue weighted by atomic mass is 10.2. The summed E-state index contributed by atoms with van der Waals surface area (Å²) in [6.45, 7) is 8.63. The molecule has 0 saturated heterocycles. The summed E-state index contributed by atoms with van der Waals surface area (Å²) in [6.07, 6.45) is 3.47. The van der Waals surface area contributed by atoms with Crippen molar-refractivity contribution in [2.45, 2.75) is 46.0 Å². The third-order valence-electron chi connectivity index (χ3n) is 3.18. The first-order valence-electron chi connectivity index (χ1n) is 7.56. The van der Waals surface area contributed by atoms with Crippen molar-refractivity contribution in [1.82, 2.24) is 15.5 Å². The molecule has 0 aliphatic heterocycles. The normalized spacial score (nSPS) is 10.6. The van der Waals surface area contributed by atoms with Gasteiger partial charge in [0.2, 0.25) is 0 Å². The molecule has 0 atom stereocenters. The summed E-state index contributed by atoms with van der Waals surface area (Å²) in [5.74, 6) is -0.760. The van der Waals surface area contributed by atoms with Crippen LogP contribution in [0.3, 0.4) is 0 Å². The van der Waals surface area contributed by atoms with E-state index in [1.807, 2.05) is 0 Å². The first-order valence-corrected chi connectivity index (χ1v) is 7.56. The van der Waals surface area contributed by atoms with Gasteiger partial charge in [0.15, 0.2) is 0 Å². The van der Waals surface area contributed by atoms with Crippen LogP contribution in [0, 0.1) is 0 Å². The second-order valence-corrected chi connectivity index (χ2v) is 4.77. The number of carboxylic acids is 1. The maximum atomic E-state index is 11.4. The molecular formula is C14H29N3O3. The zero-order valence-corrected chi connectivity index (χ0v) is 12.8. The number of nitrogens with zero attached hydrogens (tertiary/aromatic N) is 1. The lowest BCUT2D eigenvalue weighted by Gasteiger charge is -2.17. The Labute approximate surface area is 121 Å². The largest absolute Gasteiger partial charge is 0.481 e. The Hall–Kier alpha value is -1.30. The maximum absolute atomic E-state index is 11.4. The van der Waals surface area contributed by atoms with Gasteiger partial charge in [0, 0.05) is 19.5 Å². The standard InChI is InChI=1S/C14H29N3O3/c1-3-17(4-2)12-8-11-16-14(20)15-10-7-5-6-9-13(18)19/h3-12H2,1-2H3,(H,18,19)(H2,15,16,20). The van der Waals surface area contributed by atoms with E-state index in [9.17, 15) is 9.59 Å². The molecule has 6 heteroatoms. The molecule has 0 radical (unpaired) electrons. The van der Waals surface area contributed by atoms with Crippen molar-refractivity contribution < 1.29 is 14.7 Å². The van der Waals surface area contributed by atoms with E-state index in [-0.39, 0.29) is 12.5 Å². The molecule has 0 unspecified atom stereocenters. The van der Waals surface area contributed by atoms with Crippen molar-refractivity contribution in [3.8, 4) is 0 Å². The molecule has 0 aromatic carbocycles. The molecule has 3 N–H and O–H groups in total. The van der Waals surface area contributed by atoms with Gasteiger partial charge >= 0.3 is 12.0 Å². The van der Waals surface area contributed by atoms with Crippen molar-refractivity contribution in [2.75, 3.05) is 32.7 Å². The fourth-order valence-electron chi connectivity index (χ4n) is 1.89. The van der Waals surface area contributed by atoms with Gasteiger partial charge in [0.05, 0.1) is 0 Å². The Balaban J connectivity index is 3.35. The Morgan fingerprint density at radius 3 is 2.10 bits per heavy atom. The summed E-state index contributed by atoms with van der Waals surface area (Å²) in [5.41, 5.74) is 0. The average molecular weight is 287 g/mol. The van der Waals surface area contributed by atoms with Crippen LogP contribution in [-0.2, 0) is 4.79 Å². The molecule has 118 valence electrons. The highest BCUT2D eigenvalue weighted by Crippen LogP contribution is 1.98. The molecular weight excluding hydrogens is 258 g/mol. The van der Waals surface area contributed by atoms with Gasteiger partial charge in [0.25, 0.3) is 0 Å². The fraction of sp³-hybridized carbons (Fsp3) is 0.857. The summed E-state index contributed by atoms with van der Waals surface area (Å²) < 4.78 is 0. The molecule has 0 bridgehead atoms. The predicted molar refractivity (Wildman–Crippen MR) is 79.9 cm³/mol. The van der Waals surface area contributed by atoms with Crippen LogP contribution in [0.2, 0.25) is 0 Å². The molecule has 0 aromatic heterocycles. The van der Waals surface area contributed by atoms with E-state index in [2.05, 4.69) is 29.4 Å². The Kier molecular flexibility index (Phi) is 11.9. The molecule has 0 rings (SSSR count). The van der Waals surface area contributed by atoms with Gasteiger partial charge in [-0.25, -0.2) is 4.79 Å². The van der Waals surface area contributed by atoms with E-state index < -0.39 is 5.97 Å². The van der Waals surface area contributed by atoms with Crippen molar-refractivity contribution >= 4 is 12.0 Å². The first kappa shape index (κ1) is 18.7. The molecule has 0 saturated carbocycles. The number of amides is 2. The topological polar surface area (TPSA) is 81.7 Å². The van der Waals surface area contributed by atoms with Crippen molar-refractivity contribution in [3.05, 3.63) is 0 Å². The van der Waals surface area contributed by atoms with Gasteiger partial charge in [-0.05, 0) is 38.9 Å². The number of carboxylic acid groups (broad SMARTS) is 1. The zero-order valence-electron chi connectivity index (χ0n) is 12.8. The van der Waals surface area contributed by atoms with Crippen LogP contribution in [-0.4, -0.2) is 54.7 Å². The zero-order chi connectivity index (χ0) is 15.2. The summed E-state index contributed by atoms with van der Waals surface area (Å²) in [4.78, 5) is 24.1. The SMILES string of the molecule is CCN(CC)CCCNC(=O)NCCCCCC(=O)O. The molecule has 0 aliphatic rings. The van der Waals surface area contributed by atoms with E-state index >= 15 is 0 Å². The second-order valence-electron chi connectivity index (χ2n) is 4.77. The third kappa shape index (κ3) is 11.8. The Bertz CT molecular complexity index is 268.